The molecule has 0 aliphatic rings. The summed E-state index contributed by atoms with van der Waals surface area (Å²) in [6, 6.07) is 0. The molecule has 0 heterocycles. The van der Waals surface area contributed by atoms with Crippen molar-refractivity contribution in [3.05, 3.63) is 60.8 Å². The highest BCUT2D eigenvalue weighted by atomic mass is 31.2. The first-order valence-corrected chi connectivity index (χ1v) is 43.5. The van der Waals surface area contributed by atoms with Gasteiger partial charge in [-0.15, -0.1) is 0 Å². The van der Waals surface area contributed by atoms with Crippen molar-refractivity contribution in [2.45, 2.75) is 393 Å². The SMILES string of the molecule is CCCCC/C=C\C/C=C\CCCCCCCC(=O)OC[C@H](COP(=O)(O)OC[C@@H](O)COP(=O)(O)OC[C@@H](COC(=O)CCCCCCC/C=C\CCCCCCCC)OC(=O)CCCCCCCCCCCCCCCCC)OC(=O)CCCCCCC/C=C\C/C=C\CCCCC. The molecule has 3 N–H and O–H groups in total. The van der Waals surface area contributed by atoms with Crippen molar-refractivity contribution in [3.63, 3.8) is 0 Å². The summed E-state index contributed by atoms with van der Waals surface area (Å²) in [6.45, 7) is 4.85. The Morgan fingerprint density at radius 2 is 0.490 bits per heavy atom. The van der Waals surface area contributed by atoms with E-state index in [9.17, 15) is 43.2 Å². The molecule has 0 rings (SSSR count). The largest absolute Gasteiger partial charge is 0.472 e. The summed E-state index contributed by atoms with van der Waals surface area (Å²) in [4.78, 5) is 73.0. The third kappa shape index (κ3) is 73.1. The van der Waals surface area contributed by atoms with Gasteiger partial charge < -0.3 is 33.8 Å². The molecular weight excluding hydrogens is 1310 g/mol. The molecule has 0 aromatic carbocycles. The van der Waals surface area contributed by atoms with Crippen molar-refractivity contribution >= 4 is 39.5 Å². The normalized spacial score (nSPS) is 14.2. The monoisotopic (exact) mass is 1460 g/mol. The van der Waals surface area contributed by atoms with Crippen molar-refractivity contribution < 1.29 is 80.2 Å². The van der Waals surface area contributed by atoms with Crippen molar-refractivity contribution in [3.8, 4) is 0 Å². The Kier molecular flexibility index (Phi) is 71.6. The van der Waals surface area contributed by atoms with Crippen LogP contribution in [-0.4, -0.2) is 96.7 Å². The Morgan fingerprint density at radius 3 is 0.770 bits per heavy atom. The number of hydrogen-bond acceptors (Lipinski definition) is 15. The van der Waals surface area contributed by atoms with Crippen LogP contribution in [0.3, 0.4) is 0 Å². The minimum absolute atomic E-state index is 0.0793. The number of hydrogen-bond donors (Lipinski definition) is 3. The standard InChI is InChI=1S/C81H148O17P2/c1-5-9-13-17-21-25-29-33-37-41-45-49-53-57-61-65-78(83)91-71-76(97-80(85)67-63-59-55-51-47-43-39-35-31-27-23-19-15-11-7-3)73-95-99(87,88)93-69-75(82)70-94-100(89,90)96-74-77(98-81(86)68-64-60-56-52-48-44-40-36-32-28-24-20-16-12-8-4)72-92-79(84)66-62-58-54-50-46-42-38-34-30-26-22-18-14-10-6-2/h21,23,25,27,33-35,37-39,75-77,82H,5-20,22,24,26,28-32,36,40-74H2,1-4H3,(H,87,88)(H,89,90)/b25-21-,27-23-,37-33-,38-34-,39-35-/t75-,76-,77-/m1/s1. The van der Waals surface area contributed by atoms with E-state index in [1.54, 1.807) is 0 Å². The van der Waals surface area contributed by atoms with E-state index in [1.165, 1.54) is 141 Å². The van der Waals surface area contributed by atoms with E-state index in [0.29, 0.717) is 25.7 Å². The summed E-state index contributed by atoms with van der Waals surface area (Å²) < 4.78 is 68.6. The maximum absolute atomic E-state index is 13.1. The number of aliphatic hydroxyl groups is 1. The Labute approximate surface area is 610 Å². The van der Waals surface area contributed by atoms with Crippen LogP contribution < -0.4 is 0 Å². The van der Waals surface area contributed by atoms with E-state index in [1.807, 2.05) is 0 Å². The highest BCUT2D eigenvalue weighted by Gasteiger charge is 2.30. The smallest absolute Gasteiger partial charge is 0.462 e. The van der Waals surface area contributed by atoms with Gasteiger partial charge in [0.05, 0.1) is 26.4 Å². The van der Waals surface area contributed by atoms with Crippen LogP contribution in [0.1, 0.15) is 374 Å². The lowest BCUT2D eigenvalue weighted by Gasteiger charge is -2.21. The fraction of sp³-hybridized carbons (Fsp3) is 0.827. The summed E-state index contributed by atoms with van der Waals surface area (Å²) >= 11 is 0. The van der Waals surface area contributed by atoms with Gasteiger partial charge in [0, 0.05) is 25.7 Å². The molecule has 0 aliphatic carbocycles. The summed E-state index contributed by atoms with van der Waals surface area (Å²) in [5, 5.41) is 10.6. The predicted octanol–water partition coefficient (Wildman–Crippen LogP) is 23.5. The van der Waals surface area contributed by atoms with Gasteiger partial charge in [-0.1, -0.05) is 294 Å². The van der Waals surface area contributed by atoms with Gasteiger partial charge in [-0.25, -0.2) is 9.13 Å². The van der Waals surface area contributed by atoms with Gasteiger partial charge >= 0.3 is 39.5 Å². The summed E-state index contributed by atoms with van der Waals surface area (Å²) in [6.07, 6.45) is 73.3. The number of carbonyl (C=O) groups excluding carboxylic acids is 4. The zero-order chi connectivity index (χ0) is 73.2. The number of rotatable bonds is 77. The summed E-state index contributed by atoms with van der Waals surface area (Å²) in [7, 11) is -9.95. The van der Waals surface area contributed by atoms with Crippen molar-refractivity contribution in [2.75, 3.05) is 39.6 Å². The van der Waals surface area contributed by atoms with Crippen LogP contribution in [0.2, 0.25) is 0 Å². The highest BCUT2D eigenvalue weighted by molar-refractivity contribution is 7.47. The van der Waals surface area contributed by atoms with Crippen molar-refractivity contribution in [2.24, 2.45) is 0 Å². The fourth-order valence-corrected chi connectivity index (χ4v) is 12.8. The Hall–Kier alpha value is -3.24. The molecule has 0 saturated carbocycles. The number of phosphoric acid groups is 2. The molecule has 0 bridgehead atoms. The molecule has 100 heavy (non-hydrogen) atoms. The summed E-state index contributed by atoms with van der Waals surface area (Å²) in [5.41, 5.74) is 0. The molecular formula is C81H148O17P2. The molecule has 0 amide bonds. The maximum Gasteiger partial charge on any atom is 0.472 e. The van der Waals surface area contributed by atoms with Gasteiger partial charge in [0.15, 0.2) is 12.2 Å². The van der Waals surface area contributed by atoms with E-state index >= 15 is 0 Å². The Bertz CT molecular complexity index is 2130. The first kappa shape index (κ1) is 96.8. The van der Waals surface area contributed by atoms with Crippen LogP contribution in [0.15, 0.2) is 60.8 Å². The van der Waals surface area contributed by atoms with Crippen molar-refractivity contribution in [1.29, 1.82) is 0 Å². The number of phosphoric ester groups is 2. The van der Waals surface area contributed by atoms with E-state index in [4.69, 9.17) is 37.0 Å². The molecule has 0 fully saturated rings. The van der Waals surface area contributed by atoms with E-state index in [0.717, 1.165) is 154 Å². The lowest BCUT2D eigenvalue weighted by molar-refractivity contribution is -0.161. The number of allylic oxidation sites excluding steroid dienone is 10. The topological polar surface area (TPSA) is 237 Å². The van der Waals surface area contributed by atoms with Crippen LogP contribution in [0.4, 0.5) is 0 Å². The average Bonchev–Trinajstić information content (AvgIpc) is 1.01. The second-order valence-corrected chi connectivity index (χ2v) is 30.3. The average molecular weight is 1460 g/mol. The predicted molar refractivity (Wildman–Crippen MR) is 409 cm³/mol. The second-order valence-electron chi connectivity index (χ2n) is 27.4. The number of esters is 4. The van der Waals surface area contributed by atoms with Crippen LogP contribution >= 0.6 is 15.6 Å². The lowest BCUT2D eigenvalue weighted by Crippen LogP contribution is -2.30. The minimum Gasteiger partial charge on any atom is -0.462 e. The zero-order valence-corrected chi connectivity index (χ0v) is 65.7. The first-order chi connectivity index (χ1) is 48.7. The van der Waals surface area contributed by atoms with Crippen LogP contribution in [0.5, 0.6) is 0 Å². The molecule has 0 aromatic heterocycles. The molecule has 2 unspecified atom stereocenters. The molecule has 17 nitrogen and oxygen atoms in total. The van der Waals surface area contributed by atoms with Gasteiger partial charge in [-0.05, 0) is 116 Å². The van der Waals surface area contributed by atoms with Crippen LogP contribution in [-0.2, 0) is 65.4 Å². The summed E-state index contributed by atoms with van der Waals surface area (Å²) in [5.74, 6) is -2.18. The number of carbonyl (C=O) groups is 4. The molecule has 0 radical (unpaired) electrons. The fourth-order valence-electron chi connectivity index (χ4n) is 11.2. The molecule has 5 atom stereocenters. The van der Waals surface area contributed by atoms with Gasteiger partial charge in [-0.2, -0.15) is 0 Å². The number of ether oxygens (including phenoxy) is 4. The van der Waals surface area contributed by atoms with Gasteiger partial charge in [0.25, 0.3) is 0 Å². The highest BCUT2D eigenvalue weighted by Crippen LogP contribution is 2.45. The maximum atomic E-state index is 13.1. The Morgan fingerprint density at radius 1 is 0.280 bits per heavy atom. The quantitative estimate of drug-likeness (QED) is 0.0169. The molecule has 0 saturated heterocycles. The molecule has 584 valence electrons. The molecule has 0 spiro atoms. The van der Waals surface area contributed by atoms with Gasteiger partial charge in [0.1, 0.15) is 19.3 Å². The van der Waals surface area contributed by atoms with Gasteiger partial charge in [-0.3, -0.25) is 37.3 Å². The van der Waals surface area contributed by atoms with E-state index < -0.39 is 97.5 Å². The number of aliphatic hydroxyl groups excluding tert-OH is 1. The van der Waals surface area contributed by atoms with Crippen molar-refractivity contribution in [1.82, 2.24) is 0 Å². The first-order valence-electron chi connectivity index (χ1n) is 40.5. The third-order valence-corrected chi connectivity index (χ3v) is 19.4. The van der Waals surface area contributed by atoms with Crippen LogP contribution in [0.25, 0.3) is 0 Å². The van der Waals surface area contributed by atoms with E-state index in [-0.39, 0.29) is 25.7 Å². The lowest BCUT2D eigenvalue weighted by atomic mass is 10.0. The minimum atomic E-state index is -4.98. The Balaban J connectivity index is 5.35. The second kappa shape index (κ2) is 74.0. The molecule has 0 aliphatic heterocycles. The third-order valence-electron chi connectivity index (χ3n) is 17.5. The number of unbranched alkanes of at least 4 members (excludes halogenated alkanes) is 41. The van der Waals surface area contributed by atoms with E-state index in [2.05, 4.69) is 88.5 Å². The molecule has 19 heteroatoms. The zero-order valence-electron chi connectivity index (χ0n) is 63.9. The molecule has 0 aromatic rings. The van der Waals surface area contributed by atoms with Gasteiger partial charge in [0.2, 0.25) is 0 Å². The van der Waals surface area contributed by atoms with Crippen LogP contribution in [0, 0.1) is 0 Å².